The van der Waals surface area contributed by atoms with Crippen LogP contribution in [-0.4, -0.2) is 49.5 Å². The average Bonchev–Trinajstić information content (AvgIpc) is 3.35. The van der Waals surface area contributed by atoms with E-state index in [2.05, 4.69) is 31.6 Å². The third kappa shape index (κ3) is 6.30. The Kier molecular flexibility index (Phi) is 9.46. The first-order valence-corrected chi connectivity index (χ1v) is 10.6. The number of guanidine groups is 1. The summed E-state index contributed by atoms with van der Waals surface area (Å²) in [6.45, 7) is 2.13. The number of amides is 1. The fourth-order valence-electron chi connectivity index (χ4n) is 3.95. The molecule has 2 aliphatic rings. The van der Waals surface area contributed by atoms with Gasteiger partial charge in [-0.2, -0.15) is 0 Å². The van der Waals surface area contributed by atoms with Gasteiger partial charge in [0.1, 0.15) is 5.82 Å². The van der Waals surface area contributed by atoms with Crippen molar-refractivity contribution in [2.24, 2.45) is 10.9 Å². The van der Waals surface area contributed by atoms with Gasteiger partial charge in [0.2, 0.25) is 5.91 Å². The molecular formula is C20H29BrFIN4O. The molecule has 0 aromatic heterocycles. The monoisotopic (exact) mass is 566 g/mol. The van der Waals surface area contributed by atoms with E-state index in [4.69, 9.17) is 0 Å². The molecule has 2 fully saturated rings. The molecule has 8 heteroatoms. The van der Waals surface area contributed by atoms with Crippen molar-refractivity contribution < 1.29 is 9.18 Å². The molecule has 1 atom stereocenters. The van der Waals surface area contributed by atoms with E-state index in [1.54, 1.807) is 19.2 Å². The van der Waals surface area contributed by atoms with Crippen LogP contribution >= 0.6 is 39.9 Å². The van der Waals surface area contributed by atoms with Crippen LogP contribution in [0.4, 0.5) is 4.39 Å². The molecule has 3 rings (SSSR count). The van der Waals surface area contributed by atoms with E-state index in [1.165, 1.54) is 18.9 Å². The number of aliphatic imine (C=N–C) groups is 1. The number of rotatable bonds is 5. The van der Waals surface area contributed by atoms with Gasteiger partial charge in [0.15, 0.2) is 5.96 Å². The summed E-state index contributed by atoms with van der Waals surface area (Å²) in [5, 5.41) is 6.64. The minimum atomic E-state index is -0.195. The van der Waals surface area contributed by atoms with Crippen LogP contribution in [0.1, 0.15) is 37.7 Å². The van der Waals surface area contributed by atoms with Crippen LogP contribution in [0.15, 0.2) is 27.7 Å². The Morgan fingerprint density at radius 1 is 1.32 bits per heavy atom. The summed E-state index contributed by atoms with van der Waals surface area (Å²) < 4.78 is 14.7. The van der Waals surface area contributed by atoms with Crippen molar-refractivity contribution in [2.75, 3.05) is 26.7 Å². The highest BCUT2D eigenvalue weighted by atomic mass is 127. The average molecular weight is 567 g/mol. The van der Waals surface area contributed by atoms with Crippen molar-refractivity contribution in [3.05, 3.63) is 34.1 Å². The molecule has 1 aliphatic heterocycles. The summed E-state index contributed by atoms with van der Waals surface area (Å²) >= 11 is 3.38. The fourth-order valence-corrected chi connectivity index (χ4v) is 4.36. The molecular weight excluding hydrogens is 538 g/mol. The predicted octanol–water partition coefficient (Wildman–Crippen LogP) is 3.70. The van der Waals surface area contributed by atoms with Crippen molar-refractivity contribution in [3.63, 3.8) is 0 Å². The van der Waals surface area contributed by atoms with Crippen LogP contribution in [-0.2, 0) is 11.2 Å². The van der Waals surface area contributed by atoms with Crippen molar-refractivity contribution in [2.45, 2.75) is 44.6 Å². The lowest BCUT2D eigenvalue weighted by Gasteiger charge is -2.21. The van der Waals surface area contributed by atoms with Crippen LogP contribution in [0.5, 0.6) is 0 Å². The molecule has 156 valence electrons. The second-order valence-corrected chi connectivity index (χ2v) is 8.30. The molecule has 1 amide bonds. The van der Waals surface area contributed by atoms with Crippen LogP contribution in [0.3, 0.4) is 0 Å². The third-order valence-electron chi connectivity index (χ3n) is 5.46. The summed E-state index contributed by atoms with van der Waals surface area (Å²) in [4.78, 5) is 18.8. The maximum atomic E-state index is 13.8. The van der Waals surface area contributed by atoms with Gasteiger partial charge in [-0.05, 0) is 49.4 Å². The predicted molar refractivity (Wildman–Crippen MR) is 125 cm³/mol. The van der Waals surface area contributed by atoms with Gasteiger partial charge in [0.25, 0.3) is 0 Å². The van der Waals surface area contributed by atoms with Crippen molar-refractivity contribution >= 4 is 51.8 Å². The normalized spacial score (nSPS) is 20.2. The zero-order valence-corrected chi connectivity index (χ0v) is 20.1. The second-order valence-electron chi connectivity index (χ2n) is 7.38. The van der Waals surface area contributed by atoms with Crippen molar-refractivity contribution in [1.29, 1.82) is 0 Å². The number of hydrogen-bond donors (Lipinski definition) is 2. The van der Waals surface area contributed by atoms with Gasteiger partial charge >= 0.3 is 0 Å². The van der Waals surface area contributed by atoms with E-state index >= 15 is 0 Å². The molecule has 1 saturated heterocycles. The Balaban J connectivity index is 0.00000280. The standard InChI is InChI=1S/C20H28BrFN4O.HI/c1-23-20(24-10-8-15-12-16(21)6-7-18(15)22)25-17-9-11-26(13-17)19(27)14-4-2-3-5-14;/h6-7,12,14,17H,2-5,8-11,13H2,1H3,(H2,23,24,25);1H. The van der Waals surface area contributed by atoms with Gasteiger partial charge in [0, 0.05) is 43.1 Å². The van der Waals surface area contributed by atoms with E-state index in [9.17, 15) is 9.18 Å². The number of hydrogen-bond acceptors (Lipinski definition) is 2. The van der Waals surface area contributed by atoms with Gasteiger partial charge in [-0.1, -0.05) is 28.8 Å². The highest BCUT2D eigenvalue weighted by Gasteiger charge is 2.32. The molecule has 1 aliphatic carbocycles. The maximum Gasteiger partial charge on any atom is 0.225 e. The quantitative estimate of drug-likeness (QED) is 0.325. The number of nitrogens with zero attached hydrogens (tertiary/aromatic N) is 2. The number of benzene rings is 1. The smallest absolute Gasteiger partial charge is 0.225 e. The van der Waals surface area contributed by atoms with Gasteiger partial charge in [-0.25, -0.2) is 4.39 Å². The van der Waals surface area contributed by atoms with Gasteiger partial charge in [-0.3, -0.25) is 9.79 Å². The molecule has 28 heavy (non-hydrogen) atoms. The zero-order valence-electron chi connectivity index (χ0n) is 16.2. The first-order chi connectivity index (χ1) is 13.1. The van der Waals surface area contributed by atoms with E-state index in [0.717, 1.165) is 36.8 Å². The molecule has 0 radical (unpaired) electrons. The van der Waals surface area contributed by atoms with Gasteiger partial charge in [0.05, 0.1) is 0 Å². The number of nitrogens with one attached hydrogen (secondary N) is 2. The Hall–Kier alpha value is -0.900. The minimum absolute atomic E-state index is 0. The number of halogens is 3. The summed E-state index contributed by atoms with van der Waals surface area (Å²) in [5.74, 6) is 1.07. The van der Waals surface area contributed by atoms with Crippen molar-refractivity contribution in [1.82, 2.24) is 15.5 Å². The zero-order chi connectivity index (χ0) is 19.2. The van der Waals surface area contributed by atoms with Gasteiger partial charge < -0.3 is 15.5 Å². The Labute approximate surface area is 192 Å². The van der Waals surface area contributed by atoms with E-state index in [0.29, 0.717) is 30.4 Å². The van der Waals surface area contributed by atoms with E-state index < -0.39 is 0 Å². The second kappa shape index (κ2) is 11.3. The summed E-state index contributed by atoms with van der Waals surface area (Å²) in [5.41, 5.74) is 0.668. The molecule has 1 aromatic rings. The van der Waals surface area contributed by atoms with Gasteiger partial charge in [-0.15, -0.1) is 24.0 Å². The highest BCUT2D eigenvalue weighted by molar-refractivity contribution is 14.0. The number of likely N-dealkylation sites (tertiary alicyclic amines) is 1. The molecule has 0 bridgehead atoms. The lowest BCUT2D eigenvalue weighted by molar-refractivity contribution is -0.134. The maximum absolute atomic E-state index is 13.8. The van der Waals surface area contributed by atoms with Crippen LogP contribution < -0.4 is 10.6 Å². The first-order valence-electron chi connectivity index (χ1n) is 9.76. The Morgan fingerprint density at radius 3 is 2.79 bits per heavy atom. The SMILES string of the molecule is CN=C(NCCc1cc(Br)ccc1F)NC1CCN(C(=O)C2CCCC2)C1.I. The lowest BCUT2D eigenvalue weighted by atomic mass is 10.1. The Bertz CT molecular complexity index is 697. The van der Waals surface area contributed by atoms with E-state index in [1.807, 2.05) is 4.90 Å². The largest absolute Gasteiger partial charge is 0.356 e. The Morgan fingerprint density at radius 2 is 2.07 bits per heavy atom. The molecule has 1 aromatic carbocycles. The van der Waals surface area contributed by atoms with Crippen molar-refractivity contribution in [3.8, 4) is 0 Å². The summed E-state index contributed by atoms with van der Waals surface area (Å²) in [7, 11) is 1.73. The first kappa shape index (κ1) is 23.4. The number of carbonyl (C=O) groups excluding carboxylic acids is 1. The highest BCUT2D eigenvalue weighted by Crippen LogP contribution is 2.27. The van der Waals surface area contributed by atoms with Crippen LogP contribution in [0, 0.1) is 11.7 Å². The summed E-state index contributed by atoms with van der Waals surface area (Å²) in [6.07, 6.45) is 5.95. The minimum Gasteiger partial charge on any atom is -0.356 e. The topological polar surface area (TPSA) is 56.7 Å². The molecule has 5 nitrogen and oxygen atoms in total. The van der Waals surface area contributed by atoms with Crippen LogP contribution in [0.2, 0.25) is 0 Å². The molecule has 2 N–H and O–H groups in total. The fraction of sp³-hybridized carbons (Fsp3) is 0.600. The van der Waals surface area contributed by atoms with Crippen LogP contribution in [0.25, 0.3) is 0 Å². The number of carbonyl (C=O) groups is 1. The molecule has 1 saturated carbocycles. The van der Waals surface area contributed by atoms with E-state index in [-0.39, 0.29) is 41.8 Å². The summed E-state index contributed by atoms with van der Waals surface area (Å²) in [6, 6.07) is 5.19. The molecule has 1 heterocycles. The molecule has 1 unspecified atom stereocenters. The molecule has 0 spiro atoms. The third-order valence-corrected chi connectivity index (χ3v) is 5.96. The lowest BCUT2D eigenvalue weighted by Crippen LogP contribution is -2.45.